The molecule has 0 aromatic rings. The average Bonchev–Trinajstić information content (AvgIpc) is 2.43. The molecule has 5 heteroatoms. The van der Waals surface area contributed by atoms with Gasteiger partial charge in [-0.3, -0.25) is 4.79 Å². The molecule has 2 saturated heterocycles. The molecule has 2 fully saturated rings. The van der Waals surface area contributed by atoms with Crippen LogP contribution in [0.5, 0.6) is 0 Å². The zero-order chi connectivity index (χ0) is 14.6. The number of carbonyl (C=O) groups is 1. The van der Waals surface area contributed by atoms with Crippen molar-refractivity contribution in [1.29, 1.82) is 0 Å². The molecule has 0 bridgehead atoms. The molecule has 2 aliphatic heterocycles. The minimum atomic E-state index is -0.330. The fraction of sp³-hybridized carbons (Fsp3) is 0.933. The van der Waals surface area contributed by atoms with Crippen LogP contribution in [-0.4, -0.2) is 63.8 Å². The number of carbonyl (C=O) groups excluding carboxylic acids is 1. The van der Waals surface area contributed by atoms with Crippen LogP contribution >= 0.6 is 0 Å². The molecule has 2 aliphatic rings. The zero-order valence-corrected chi connectivity index (χ0v) is 13.1. The number of likely N-dealkylation sites (tertiary alicyclic amines) is 1. The molecule has 2 unspecified atom stereocenters. The smallest absolute Gasteiger partial charge is 0.228 e. The SMILES string of the molecule is COCC1(C(=O)NC2CCN(C)CC2C)CCNCC1. The van der Waals surface area contributed by atoms with Crippen molar-refractivity contribution in [3.8, 4) is 0 Å². The molecule has 2 rings (SSSR count). The molecule has 5 nitrogen and oxygen atoms in total. The number of hydrogen-bond acceptors (Lipinski definition) is 4. The fourth-order valence-corrected chi connectivity index (χ4v) is 3.51. The van der Waals surface area contributed by atoms with E-state index in [1.54, 1.807) is 7.11 Å². The van der Waals surface area contributed by atoms with Crippen molar-refractivity contribution in [3.05, 3.63) is 0 Å². The molecule has 0 spiro atoms. The lowest BCUT2D eigenvalue weighted by molar-refractivity contribution is -0.137. The average molecular weight is 283 g/mol. The highest BCUT2D eigenvalue weighted by molar-refractivity contribution is 5.83. The Bertz CT molecular complexity index is 324. The van der Waals surface area contributed by atoms with Crippen LogP contribution in [0.3, 0.4) is 0 Å². The number of methoxy groups -OCH3 is 1. The van der Waals surface area contributed by atoms with Crippen LogP contribution in [0.4, 0.5) is 0 Å². The number of piperidine rings is 2. The number of ether oxygens (including phenoxy) is 1. The summed E-state index contributed by atoms with van der Waals surface area (Å²) in [7, 11) is 3.84. The van der Waals surface area contributed by atoms with Crippen molar-refractivity contribution in [3.63, 3.8) is 0 Å². The molecule has 0 aliphatic carbocycles. The van der Waals surface area contributed by atoms with Crippen molar-refractivity contribution in [1.82, 2.24) is 15.5 Å². The Balaban J connectivity index is 1.97. The van der Waals surface area contributed by atoms with Gasteiger partial charge in [0, 0.05) is 19.7 Å². The molecular formula is C15H29N3O2. The number of amides is 1. The summed E-state index contributed by atoms with van der Waals surface area (Å²) >= 11 is 0. The van der Waals surface area contributed by atoms with Crippen LogP contribution < -0.4 is 10.6 Å². The van der Waals surface area contributed by atoms with Gasteiger partial charge in [0.1, 0.15) is 0 Å². The lowest BCUT2D eigenvalue weighted by atomic mass is 9.78. The maximum Gasteiger partial charge on any atom is 0.228 e. The van der Waals surface area contributed by atoms with Gasteiger partial charge in [-0.05, 0) is 51.9 Å². The van der Waals surface area contributed by atoms with Crippen LogP contribution in [0.25, 0.3) is 0 Å². The summed E-state index contributed by atoms with van der Waals surface area (Å²) in [5.74, 6) is 0.710. The van der Waals surface area contributed by atoms with Crippen molar-refractivity contribution in [2.24, 2.45) is 11.3 Å². The minimum Gasteiger partial charge on any atom is -0.384 e. The van der Waals surface area contributed by atoms with Crippen LogP contribution in [-0.2, 0) is 9.53 Å². The second-order valence-corrected chi connectivity index (χ2v) is 6.57. The Morgan fingerprint density at radius 2 is 2.15 bits per heavy atom. The van der Waals surface area contributed by atoms with Crippen molar-refractivity contribution in [2.75, 3.05) is 46.9 Å². The maximum absolute atomic E-state index is 12.8. The van der Waals surface area contributed by atoms with Crippen molar-refractivity contribution < 1.29 is 9.53 Å². The highest BCUT2D eigenvalue weighted by atomic mass is 16.5. The van der Waals surface area contributed by atoms with Gasteiger partial charge >= 0.3 is 0 Å². The van der Waals surface area contributed by atoms with E-state index >= 15 is 0 Å². The molecule has 1 amide bonds. The largest absolute Gasteiger partial charge is 0.384 e. The monoisotopic (exact) mass is 283 g/mol. The third-order valence-corrected chi connectivity index (χ3v) is 4.89. The van der Waals surface area contributed by atoms with Gasteiger partial charge in [0.05, 0.1) is 12.0 Å². The van der Waals surface area contributed by atoms with Gasteiger partial charge in [0.2, 0.25) is 5.91 Å². The van der Waals surface area contributed by atoms with Gasteiger partial charge in [-0.15, -0.1) is 0 Å². The van der Waals surface area contributed by atoms with E-state index in [-0.39, 0.29) is 11.3 Å². The van der Waals surface area contributed by atoms with Gasteiger partial charge in [0.25, 0.3) is 0 Å². The Morgan fingerprint density at radius 3 is 2.75 bits per heavy atom. The first-order valence-corrected chi connectivity index (χ1v) is 7.76. The standard InChI is InChI=1S/C15H29N3O2/c1-12-10-18(2)9-4-13(12)17-14(19)15(11-20-3)5-7-16-8-6-15/h12-13,16H,4-11H2,1-3H3,(H,17,19). The summed E-state index contributed by atoms with van der Waals surface area (Å²) in [6, 6.07) is 0.308. The summed E-state index contributed by atoms with van der Waals surface area (Å²) in [6.45, 7) is 6.69. The first-order valence-electron chi connectivity index (χ1n) is 7.76. The first kappa shape index (κ1) is 15.7. The van der Waals surface area contributed by atoms with Gasteiger partial charge in [-0.1, -0.05) is 6.92 Å². The van der Waals surface area contributed by atoms with Crippen molar-refractivity contribution >= 4 is 5.91 Å². The van der Waals surface area contributed by atoms with E-state index in [1.807, 2.05) is 0 Å². The number of rotatable bonds is 4. The quantitative estimate of drug-likeness (QED) is 0.787. The van der Waals surface area contributed by atoms with E-state index in [9.17, 15) is 4.79 Å². The highest BCUT2D eigenvalue weighted by Crippen LogP contribution is 2.30. The number of nitrogens with zero attached hydrogens (tertiary/aromatic N) is 1. The molecule has 0 aromatic heterocycles. The summed E-state index contributed by atoms with van der Waals surface area (Å²) in [5.41, 5.74) is -0.330. The van der Waals surface area contributed by atoms with Gasteiger partial charge in [-0.2, -0.15) is 0 Å². The third-order valence-electron chi connectivity index (χ3n) is 4.89. The van der Waals surface area contributed by atoms with Gasteiger partial charge in [-0.25, -0.2) is 0 Å². The van der Waals surface area contributed by atoms with Crippen LogP contribution in [0.2, 0.25) is 0 Å². The van der Waals surface area contributed by atoms with E-state index in [0.717, 1.165) is 45.4 Å². The van der Waals surface area contributed by atoms with Crippen molar-refractivity contribution in [2.45, 2.75) is 32.2 Å². The Morgan fingerprint density at radius 1 is 1.45 bits per heavy atom. The van der Waals surface area contributed by atoms with E-state index in [1.165, 1.54) is 0 Å². The molecular weight excluding hydrogens is 254 g/mol. The Kier molecular flexibility index (Phi) is 5.41. The molecule has 20 heavy (non-hydrogen) atoms. The predicted molar refractivity (Wildman–Crippen MR) is 79.6 cm³/mol. The number of nitrogens with one attached hydrogen (secondary N) is 2. The summed E-state index contributed by atoms with van der Waals surface area (Å²) in [6.07, 6.45) is 2.78. The summed E-state index contributed by atoms with van der Waals surface area (Å²) < 4.78 is 5.34. The molecule has 0 radical (unpaired) electrons. The van der Waals surface area contributed by atoms with E-state index in [2.05, 4.69) is 29.5 Å². The van der Waals surface area contributed by atoms with Gasteiger partial charge < -0.3 is 20.3 Å². The molecule has 2 N–H and O–H groups in total. The third kappa shape index (κ3) is 3.51. The lowest BCUT2D eigenvalue weighted by Gasteiger charge is -2.40. The zero-order valence-electron chi connectivity index (χ0n) is 13.1. The fourth-order valence-electron chi connectivity index (χ4n) is 3.51. The van der Waals surface area contributed by atoms with E-state index in [0.29, 0.717) is 18.6 Å². The van der Waals surface area contributed by atoms with E-state index in [4.69, 9.17) is 4.74 Å². The normalized spacial score (nSPS) is 30.9. The molecule has 2 heterocycles. The first-order chi connectivity index (χ1) is 9.57. The van der Waals surface area contributed by atoms with Crippen LogP contribution in [0.15, 0.2) is 0 Å². The van der Waals surface area contributed by atoms with Crippen LogP contribution in [0, 0.1) is 11.3 Å². The molecule has 0 aromatic carbocycles. The topological polar surface area (TPSA) is 53.6 Å². The molecule has 0 saturated carbocycles. The lowest BCUT2D eigenvalue weighted by Crippen LogP contribution is -2.56. The van der Waals surface area contributed by atoms with Crippen LogP contribution in [0.1, 0.15) is 26.2 Å². The van der Waals surface area contributed by atoms with Gasteiger partial charge in [0.15, 0.2) is 0 Å². The molecule has 116 valence electrons. The summed E-state index contributed by atoms with van der Waals surface area (Å²) in [4.78, 5) is 15.1. The van der Waals surface area contributed by atoms with E-state index < -0.39 is 0 Å². The summed E-state index contributed by atoms with van der Waals surface area (Å²) in [5, 5.41) is 6.64. The molecule has 2 atom stereocenters. The minimum absolute atomic E-state index is 0.197. The number of hydrogen-bond donors (Lipinski definition) is 2. The highest BCUT2D eigenvalue weighted by Gasteiger charge is 2.41. The maximum atomic E-state index is 12.8. The Hall–Kier alpha value is -0.650. The second kappa shape index (κ2) is 6.87. The Labute approximate surface area is 122 Å². The second-order valence-electron chi connectivity index (χ2n) is 6.57. The predicted octanol–water partition coefficient (Wildman–Crippen LogP) is 0.459.